The summed E-state index contributed by atoms with van der Waals surface area (Å²) in [6, 6.07) is 20.3. The molecule has 1 unspecified atom stereocenters. The van der Waals surface area contributed by atoms with Gasteiger partial charge in [0.2, 0.25) is 0 Å². The lowest BCUT2D eigenvalue weighted by atomic mass is 9.86. The lowest BCUT2D eigenvalue weighted by Gasteiger charge is -2.32. The van der Waals surface area contributed by atoms with Gasteiger partial charge in [0.15, 0.2) is 6.61 Å². The number of fused-ring (bicyclic) bond motifs is 1. The molecule has 3 aromatic rings. The lowest BCUT2D eigenvalue weighted by molar-refractivity contribution is -0.139. The van der Waals surface area contributed by atoms with Crippen LogP contribution in [0, 0.1) is 0 Å². The highest BCUT2D eigenvalue weighted by molar-refractivity contribution is 5.68. The molecule has 0 saturated carbocycles. The van der Waals surface area contributed by atoms with Crippen molar-refractivity contribution >= 4 is 11.7 Å². The third-order valence-electron chi connectivity index (χ3n) is 6.31. The summed E-state index contributed by atoms with van der Waals surface area (Å²) in [6.07, 6.45) is 10.4. The number of rotatable bonds is 11. The van der Waals surface area contributed by atoms with E-state index in [0.29, 0.717) is 12.4 Å². The third-order valence-corrected chi connectivity index (χ3v) is 6.31. The fraction of sp³-hybridized carbons (Fsp3) is 0.310. The summed E-state index contributed by atoms with van der Waals surface area (Å²) in [5.74, 6) is -0.270. The first-order valence-electron chi connectivity index (χ1n) is 12.1. The van der Waals surface area contributed by atoms with Gasteiger partial charge in [-0.15, -0.1) is 0 Å². The van der Waals surface area contributed by atoms with Crippen molar-refractivity contribution in [2.24, 2.45) is 0 Å². The van der Waals surface area contributed by atoms with Crippen molar-refractivity contribution in [3.05, 3.63) is 101 Å². The number of pyridine rings is 1. The number of benzene rings is 2. The van der Waals surface area contributed by atoms with Gasteiger partial charge < -0.3 is 9.84 Å². The van der Waals surface area contributed by atoms with E-state index in [0.717, 1.165) is 48.9 Å². The molecule has 0 bridgehead atoms. The van der Waals surface area contributed by atoms with Crippen LogP contribution < -0.4 is 9.80 Å². The van der Waals surface area contributed by atoms with Crippen molar-refractivity contribution in [3.8, 4) is 5.75 Å². The maximum atomic E-state index is 10.9. The lowest BCUT2D eigenvalue weighted by Crippen LogP contribution is -2.34. The molecular formula is C29H32N2O4. The van der Waals surface area contributed by atoms with Crippen molar-refractivity contribution in [3.63, 3.8) is 0 Å². The normalized spacial score (nSPS) is 14.8. The van der Waals surface area contributed by atoms with Crippen LogP contribution in [0.2, 0.25) is 0 Å². The van der Waals surface area contributed by atoms with Crippen LogP contribution in [0.5, 0.6) is 5.75 Å². The van der Waals surface area contributed by atoms with E-state index in [9.17, 15) is 4.79 Å². The van der Waals surface area contributed by atoms with E-state index in [-0.39, 0.29) is 12.6 Å². The van der Waals surface area contributed by atoms with Crippen LogP contribution in [0.4, 0.5) is 5.69 Å². The second-order valence-electron chi connectivity index (χ2n) is 8.70. The molecule has 1 atom stereocenters. The SMILES string of the molecule is CCC(CC=C1CCc2c(cccc2OCC(=O)O)C1)N(OCc1ccncc1)c1ccccc1. The molecule has 182 valence electrons. The summed E-state index contributed by atoms with van der Waals surface area (Å²) >= 11 is 0. The first-order valence-corrected chi connectivity index (χ1v) is 12.1. The van der Waals surface area contributed by atoms with Gasteiger partial charge in [-0.3, -0.25) is 14.9 Å². The largest absolute Gasteiger partial charge is 0.482 e. The van der Waals surface area contributed by atoms with E-state index in [2.05, 4.69) is 36.2 Å². The van der Waals surface area contributed by atoms with Crippen molar-refractivity contribution in [2.75, 3.05) is 11.7 Å². The van der Waals surface area contributed by atoms with Crippen LogP contribution in [-0.2, 0) is 29.1 Å². The maximum Gasteiger partial charge on any atom is 0.341 e. The fourth-order valence-electron chi connectivity index (χ4n) is 4.45. The Balaban J connectivity index is 1.46. The number of carboxylic acid groups (broad SMARTS) is 1. The summed E-state index contributed by atoms with van der Waals surface area (Å²) < 4.78 is 5.51. The van der Waals surface area contributed by atoms with Crippen molar-refractivity contribution in [1.82, 2.24) is 4.98 Å². The average Bonchev–Trinajstić information content (AvgIpc) is 2.90. The molecule has 6 nitrogen and oxygen atoms in total. The zero-order chi connectivity index (χ0) is 24.5. The van der Waals surface area contributed by atoms with Crippen LogP contribution in [0.3, 0.4) is 0 Å². The smallest absolute Gasteiger partial charge is 0.341 e. The number of para-hydroxylation sites is 1. The topological polar surface area (TPSA) is 71.9 Å². The number of allylic oxidation sites excluding steroid dienone is 1. The second kappa shape index (κ2) is 12.2. The number of carboxylic acids is 1. The Bertz CT molecular complexity index is 1130. The highest BCUT2D eigenvalue weighted by Gasteiger charge is 2.21. The molecule has 0 amide bonds. The van der Waals surface area contributed by atoms with Gasteiger partial charge in [0.25, 0.3) is 0 Å². The minimum Gasteiger partial charge on any atom is -0.482 e. The van der Waals surface area contributed by atoms with Gasteiger partial charge in [0.05, 0.1) is 11.7 Å². The van der Waals surface area contributed by atoms with E-state index in [1.165, 1.54) is 11.1 Å². The Morgan fingerprint density at radius 2 is 1.89 bits per heavy atom. The quantitative estimate of drug-likeness (QED) is 0.282. The molecule has 0 saturated heterocycles. The van der Waals surface area contributed by atoms with Crippen LogP contribution in [0.1, 0.15) is 42.9 Å². The maximum absolute atomic E-state index is 10.9. The highest BCUT2D eigenvalue weighted by atomic mass is 16.7. The molecule has 1 aromatic heterocycles. The number of hydrogen-bond acceptors (Lipinski definition) is 5. The molecule has 1 aliphatic carbocycles. The summed E-state index contributed by atoms with van der Waals surface area (Å²) in [6.45, 7) is 2.36. The number of ether oxygens (including phenoxy) is 1. The van der Waals surface area contributed by atoms with Crippen LogP contribution in [0.15, 0.2) is 84.7 Å². The Kier molecular flexibility index (Phi) is 8.52. The van der Waals surface area contributed by atoms with Gasteiger partial charge >= 0.3 is 5.97 Å². The number of anilines is 1. The van der Waals surface area contributed by atoms with Gasteiger partial charge in [-0.25, -0.2) is 4.79 Å². The molecule has 0 aliphatic heterocycles. The number of aromatic nitrogens is 1. The van der Waals surface area contributed by atoms with E-state index < -0.39 is 5.97 Å². The molecule has 0 fully saturated rings. The number of carbonyl (C=O) groups is 1. The molecule has 1 N–H and O–H groups in total. The standard InChI is InChI=1S/C29H32N2O4/c1-2-25(31(26-8-4-3-5-9-26)35-20-23-15-17-30-18-16-23)13-11-22-12-14-27-24(19-22)7-6-10-28(27)34-21-29(32)33/h3-11,15-18,25H,2,12-14,19-21H2,1H3,(H,32,33). The molecule has 1 heterocycles. The molecular weight excluding hydrogens is 440 g/mol. The monoisotopic (exact) mass is 472 g/mol. The first kappa shape index (κ1) is 24.5. The fourth-order valence-corrected chi connectivity index (χ4v) is 4.45. The Hall–Kier alpha value is -3.64. The number of hydroxylamine groups is 1. The van der Waals surface area contributed by atoms with Gasteiger partial charge in [-0.1, -0.05) is 48.9 Å². The van der Waals surface area contributed by atoms with Crippen LogP contribution in [0.25, 0.3) is 0 Å². The van der Waals surface area contributed by atoms with Crippen LogP contribution >= 0.6 is 0 Å². The first-order chi connectivity index (χ1) is 17.1. The van der Waals surface area contributed by atoms with E-state index in [4.69, 9.17) is 14.7 Å². The molecule has 6 heteroatoms. The number of hydrogen-bond donors (Lipinski definition) is 1. The molecule has 2 aromatic carbocycles. The number of aliphatic carboxylic acids is 1. The zero-order valence-electron chi connectivity index (χ0n) is 20.1. The number of nitrogens with zero attached hydrogens (tertiary/aromatic N) is 2. The minimum absolute atomic E-state index is 0.193. The van der Waals surface area contributed by atoms with Crippen molar-refractivity contribution in [2.45, 2.75) is 51.7 Å². The van der Waals surface area contributed by atoms with E-state index in [1.54, 1.807) is 12.4 Å². The van der Waals surface area contributed by atoms with Gasteiger partial charge in [0.1, 0.15) is 12.4 Å². The molecule has 0 radical (unpaired) electrons. The predicted molar refractivity (Wildman–Crippen MR) is 136 cm³/mol. The third kappa shape index (κ3) is 6.70. The molecule has 1 aliphatic rings. The molecule has 4 rings (SSSR count). The second-order valence-corrected chi connectivity index (χ2v) is 8.70. The van der Waals surface area contributed by atoms with Crippen molar-refractivity contribution in [1.29, 1.82) is 0 Å². The summed E-state index contributed by atoms with van der Waals surface area (Å²) in [5, 5.41) is 11.0. The predicted octanol–water partition coefficient (Wildman–Crippen LogP) is 5.77. The Morgan fingerprint density at radius 3 is 2.63 bits per heavy atom. The average molecular weight is 473 g/mol. The molecule has 35 heavy (non-hydrogen) atoms. The zero-order valence-corrected chi connectivity index (χ0v) is 20.1. The Labute approximate surface area is 206 Å². The van der Waals surface area contributed by atoms with E-state index in [1.807, 2.05) is 47.5 Å². The summed E-state index contributed by atoms with van der Waals surface area (Å²) in [4.78, 5) is 21.3. The minimum atomic E-state index is -0.960. The molecule has 0 spiro atoms. The summed E-state index contributed by atoms with van der Waals surface area (Å²) in [5.41, 5.74) is 5.87. The van der Waals surface area contributed by atoms with Gasteiger partial charge in [-0.05, 0) is 79.1 Å². The summed E-state index contributed by atoms with van der Waals surface area (Å²) in [7, 11) is 0. The van der Waals surface area contributed by atoms with E-state index >= 15 is 0 Å². The van der Waals surface area contributed by atoms with Gasteiger partial charge in [0, 0.05) is 12.4 Å². The van der Waals surface area contributed by atoms with Crippen molar-refractivity contribution < 1.29 is 19.5 Å². The highest BCUT2D eigenvalue weighted by Crippen LogP contribution is 2.33. The van der Waals surface area contributed by atoms with Crippen LogP contribution in [-0.4, -0.2) is 28.7 Å². The van der Waals surface area contributed by atoms with Gasteiger partial charge in [-0.2, -0.15) is 0 Å². The Morgan fingerprint density at radius 1 is 1.09 bits per heavy atom.